The number of aromatic amines is 1. The van der Waals surface area contributed by atoms with E-state index in [-0.39, 0.29) is 12.7 Å². The first-order chi connectivity index (χ1) is 16.7. The van der Waals surface area contributed by atoms with Gasteiger partial charge in [-0.25, -0.2) is 9.97 Å². The minimum Gasteiger partial charge on any atom is -0.481 e. The summed E-state index contributed by atoms with van der Waals surface area (Å²) in [6.07, 6.45) is 7.14. The number of methoxy groups -OCH3 is 1. The Hall–Kier alpha value is -3.29. The lowest BCUT2D eigenvalue weighted by atomic mass is 10.1. The molecule has 0 radical (unpaired) electrons. The van der Waals surface area contributed by atoms with E-state index >= 15 is 0 Å². The molecule has 2 N–H and O–H groups in total. The third-order valence-corrected chi connectivity index (χ3v) is 5.39. The van der Waals surface area contributed by atoms with Crippen LogP contribution in [0.2, 0.25) is 0 Å². The number of imidazole rings is 1. The van der Waals surface area contributed by atoms with E-state index in [0.29, 0.717) is 5.88 Å². The van der Waals surface area contributed by atoms with Crippen LogP contribution in [0.1, 0.15) is 38.7 Å². The topological polar surface area (TPSA) is 93.2 Å². The Morgan fingerprint density at radius 3 is 2.41 bits per heavy atom. The van der Waals surface area contributed by atoms with Gasteiger partial charge in [0, 0.05) is 36.2 Å². The molecule has 3 aromatic heterocycles. The fraction of sp³-hybridized carbons (Fsp3) is 0.370. The summed E-state index contributed by atoms with van der Waals surface area (Å²) < 4.78 is 10.3. The van der Waals surface area contributed by atoms with Gasteiger partial charge in [-0.1, -0.05) is 19.9 Å². The van der Waals surface area contributed by atoms with E-state index in [9.17, 15) is 0 Å². The second-order valence-electron chi connectivity index (χ2n) is 7.80. The molecule has 1 aromatic carbocycles. The molecule has 5 rings (SSSR count). The number of aliphatic hydroxyl groups excluding tert-OH is 1. The van der Waals surface area contributed by atoms with Crippen LogP contribution in [0.15, 0.2) is 54.9 Å². The molecule has 7 nitrogen and oxygen atoms in total. The van der Waals surface area contributed by atoms with Crippen LogP contribution in [-0.4, -0.2) is 51.5 Å². The molecule has 180 valence electrons. The van der Waals surface area contributed by atoms with Crippen molar-refractivity contribution in [3.8, 4) is 28.5 Å². The maximum Gasteiger partial charge on any atom is 0.212 e. The SMILES string of the molecule is CC.COc1ccc(-c2ccc(-c3nc4ccc(C)cc4[nH]3)cn2)cn1.OCC1CCCCO1. The van der Waals surface area contributed by atoms with E-state index < -0.39 is 0 Å². The molecule has 4 aromatic rings. The number of rotatable bonds is 4. The third-order valence-electron chi connectivity index (χ3n) is 5.39. The summed E-state index contributed by atoms with van der Waals surface area (Å²) in [7, 11) is 1.60. The van der Waals surface area contributed by atoms with E-state index in [2.05, 4.69) is 39.0 Å². The number of pyridine rings is 2. The van der Waals surface area contributed by atoms with Crippen LogP contribution in [0.4, 0.5) is 0 Å². The molecular weight excluding hydrogens is 428 g/mol. The fourth-order valence-corrected chi connectivity index (χ4v) is 3.57. The van der Waals surface area contributed by atoms with Crippen LogP contribution in [0.25, 0.3) is 33.7 Å². The van der Waals surface area contributed by atoms with Gasteiger partial charge in [-0.05, 0) is 62.1 Å². The van der Waals surface area contributed by atoms with Crippen LogP contribution in [-0.2, 0) is 4.74 Å². The van der Waals surface area contributed by atoms with Crippen LogP contribution >= 0.6 is 0 Å². The molecule has 7 heteroatoms. The molecule has 0 saturated carbocycles. The molecule has 0 spiro atoms. The molecule has 1 fully saturated rings. The largest absolute Gasteiger partial charge is 0.481 e. The first kappa shape index (κ1) is 25.3. The molecule has 1 aliphatic heterocycles. The Morgan fingerprint density at radius 1 is 1.03 bits per heavy atom. The second kappa shape index (κ2) is 12.8. The minimum atomic E-state index is 0.142. The predicted octanol–water partition coefficient (Wildman–Crippen LogP) is 5.58. The number of aryl methyl sites for hydroxylation is 1. The summed E-state index contributed by atoms with van der Waals surface area (Å²) in [5, 5.41) is 8.57. The van der Waals surface area contributed by atoms with Gasteiger partial charge in [-0.2, -0.15) is 0 Å². The molecule has 0 aliphatic carbocycles. The average Bonchev–Trinajstić information content (AvgIpc) is 3.34. The molecule has 1 aliphatic rings. The molecule has 34 heavy (non-hydrogen) atoms. The normalized spacial score (nSPS) is 15.0. The molecule has 0 amide bonds. The first-order valence-corrected chi connectivity index (χ1v) is 11.8. The molecule has 0 bridgehead atoms. The van der Waals surface area contributed by atoms with Crippen LogP contribution in [0.5, 0.6) is 5.88 Å². The number of hydrogen-bond donors (Lipinski definition) is 2. The summed E-state index contributed by atoms with van der Waals surface area (Å²) in [5.41, 5.74) is 5.96. The highest BCUT2D eigenvalue weighted by molar-refractivity contribution is 5.80. The molecule has 4 heterocycles. The monoisotopic (exact) mass is 462 g/mol. The van der Waals surface area contributed by atoms with Crippen molar-refractivity contribution in [1.82, 2.24) is 19.9 Å². The lowest BCUT2D eigenvalue weighted by molar-refractivity contribution is -0.0172. The van der Waals surface area contributed by atoms with Crippen molar-refractivity contribution < 1.29 is 14.6 Å². The highest BCUT2D eigenvalue weighted by atomic mass is 16.5. The molecule has 1 saturated heterocycles. The number of ether oxygens (including phenoxy) is 2. The number of benzene rings is 1. The van der Waals surface area contributed by atoms with Gasteiger partial charge in [0.15, 0.2) is 0 Å². The van der Waals surface area contributed by atoms with Gasteiger partial charge in [0.05, 0.1) is 36.5 Å². The van der Waals surface area contributed by atoms with Gasteiger partial charge < -0.3 is 19.6 Å². The van der Waals surface area contributed by atoms with Gasteiger partial charge in [-0.15, -0.1) is 0 Å². The number of nitrogens with one attached hydrogen (secondary N) is 1. The Balaban J connectivity index is 0.000000274. The van der Waals surface area contributed by atoms with Crippen molar-refractivity contribution in [2.75, 3.05) is 20.3 Å². The molecular formula is C27H34N4O3. The van der Waals surface area contributed by atoms with Crippen molar-refractivity contribution >= 4 is 11.0 Å². The summed E-state index contributed by atoms with van der Waals surface area (Å²) >= 11 is 0. The summed E-state index contributed by atoms with van der Waals surface area (Å²) in [4.78, 5) is 16.7. The number of hydrogen-bond acceptors (Lipinski definition) is 6. The number of aliphatic hydroxyl groups is 1. The van der Waals surface area contributed by atoms with Crippen molar-refractivity contribution in [3.05, 3.63) is 60.4 Å². The van der Waals surface area contributed by atoms with E-state index in [1.807, 2.05) is 50.4 Å². The fourth-order valence-electron chi connectivity index (χ4n) is 3.57. The lowest BCUT2D eigenvalue weighted by Crippen LogP contribution is -2.22. The zero-order chi connectivity index (χ0) is 24.3. The standard InChI is InChI=1S/C19H16N4O.C6H12O2.C2H6/c1-12-3-6-16-17(9-12)23-19(22-16)14-4-7-15(20-11-14)13-5-8-18(24-2)21-10-13;7-5-6-3-1-2-4-8-6;1-2/h3-11H,1-2H3,(H,22,23);6-7H,1-5H2;1-2H3. The van der Waals surface area contributed by atoms with Gasteiger partial charge in [-0.3, -0.25) is 4.98 Å². The van der Waals surface area contributed by atoms with E-state index in [0.717, 1.165) is 53.1 Å². The average molecular weight is 463 g/mol. The predicted molar refractivity (Wildman–Crippen MR) is 136 cm³/mol. The van der Waals surface area contributed by atoms with Crippen molar-refractivity contribution in [3.63, 3.8) is 0 Å². The van der Waals surface area contributed by atoms with Crippen molar-refractivity contribution in [2.45, 2.75) is 46.1 Å². The van der Waals surface area contributed by atoms with Gasteiger partial charge in [0.25, 0.3) is 0 Å². The Bertz CT molecular complexity index is 1130. The third kappa shape index (κ3) is 6.62. The van der Waals surface area contributed by atoms with Gasteiger partial charge >= 0.3 is 0 Å². The summed E-state index contributed by atoms with van der Waals surface area (Å²) in [6, 6.07) is 13.9. The zero-order valence-electron chi connectivity index (χ0n) is 20.4. The van der Waals surface area contributed by atoms with E-state index in [4.69, 9.17) is 14.6 Å². The van der Waals surface area contributed by atoms with Crippen molar-refractivity contribution in [1.29, 1.82) is 0 Å². The second-order valence-corrected chi connectivity index (χ2v) is 7.80. The Kier molecular flexibility index (Phi) is 9.55. The van der Waals surface area contributed by atoms with Crippen molar-refractivity contribution in [2.24, 2.45) is 0 Å². The van der Waals surface area contributed by atoms with E-state index in [1.165, 1.54) is 12.0 Å². The van der Waals surface area contributed by atoms with Crippen LogP contribution in [0.3, 0.4) is 0 Å². The van der Waals surface area contributed by atoms with E-state index in [1.54, 1.807) is 13.3 Å². The quantitative estimate of drug-likeness (QED) is 0.411. The van der Waals surface area contributed by atoms with Gasteiger partial charge in [0.2, 0.25) is 5.88 Å². The van der Waals surface area contributed by atoms with Crippen LogP contribution in [0, 0.1) is 6.92 Å². The number of H-pyrrole nitrogens is 1. The lowest BCUT2D eigenvalue weighted by Gasteiger charge is -2.19. The smallest absolute Gasteiger partial charge is 0.212 e. The molecule has 1 unspecified atom stereocenters. The molecule has 1 atom stereocenters. The summed E-state index contributed by atoms with van der Waals surface area (Å²) in [6.45, 7) is 7.10. The highest BCUT2D eigenvalue weighted by Gasteiger charge is 2.11. The summed E-state index contributed by atoms with van der Waals surface area (Å²) in [5.74, 6) is 1.41. The Morgan fingerprint density at radius 2 is 1.82 bits per heavy atom. The van der Waals surface area contributed by atoms with Crippen LogP contribution < -0.4 is 4.74 Å². The van der Waals surface area contributed by atoms with Gasteiger partial charge in [0.1, 0.15) is 5.82 Å². The number of nitrogens with zero attached hydrogens (tertiary/aromatic N) is 3. The maximum absolute atomic E-state index is 8.57. The Labute approximate surface area is 201 Å². The highest BCUT2D eigenvalue weighted by Crippen LogP contribution is 2.24. The number of fused-ring (bicyclic) bond motifs is 1. The first-order valence-electron chi connectivity index (χ1n) is 11.8. The number of aromatic nitrogens is 4. The minimum absolute atomic E-state index is 0.142. The zero-order valence-corrected chi connectivity index (χ0v) is 20.4. The maximum atomic E-state index is 8.57.